The van der Waals surface area contributed by atoms with Crippen molar-refractivity contribution in [2.45, 2.75) is 11.1 Å². The van der Waals surface area contributed by atoms with E-state index in [1.807, 2.05) is 0 Å². The van der Waals surface area contributed by atoms with E-state index in [0.29, 0.717) is 11.1 Å². The Bertz CT molecular complexity index is 1070. The fourth-order valence-electron chi connectivity index (χ4n) is 3.81. The number of fused-ring (bicyclic) bond motifs is 2. The summed E-state index contributed by atoms with van der Waals surface area (Å²) >= 11 is 1.15. The van der Waals surface area contributed by atoms with Gasteiger partial charge in [-0.25, -0.2) is 8.42 Å². The smallest absolute Gasteiger partial charge is 0.313 e. The summed E-state index contributed by atoms with van der Waals surface area (Å²) in [6, 6.07) is 7.15. The third-order valence-electron chi connectivity index (χ3n) is 5.36. The Hall–Kier alpha value is -1.99. The molecule has 2 aliphatic rings. The third-order valence-corrected chi connectivity index (χ3v) is 9.05. The lowest BCUT2D eigenvalue weighted by molar-refractivity contribution is -0.149. The molecule has 0 aliphatic carbocycles. The number of sulfonamides is 1. The molecule has 2 aromatic rings. The first kappa shape index (κ1) is 17.4. The number of hydrogen-bond acceptors (Lipinski definition) is 6. The lowest BCUT2D eigenvalue weighted by atomic mass is 9.81. The number of benzene rings is 1. The maximum atomic E-state index is 13.2. The van der Waals surface area contributed by atoms with E-state index in [2.05, 4.69) is 6.07 Å². The molecule has 2 aliphatic heterocycles. The fraction of sp³-hybridized carbons (Fsp3) is 0.412. The summed E-state index contributed by atoms with van der Waals surface area (Å²) in [7, 11) is -3.81. The largest absolute Gasteiger partial charge is 0.481 e. The molecule has 0 spiro atoms. The zero-order valence-corrected chi connectivity index (χ0v) is 15.6. The van der Waals surface area contributed by atoms with Gasteiger partial charge in [-0.15, -0.1) is 11.3 Å². The first-order chi connectivity index (χ1) is 12.3. The van der Waals surface area contributed by atoms with E-state index in [0.717, 1.165) is 21.4 Å². The normalized spacial score (nSPS) is 26.1. The lowest BCUT2D eigenvalue weighted by Crippen LogP contribution is -2.40. The van der Waals surface area contributed by atoms with Crippen LogP contribution in [0.25, 0.3) is 10.1 Å². The molecular weight excluding hydrogens is 376 g/mol. The van der Waals surface area contributed by atoms with E-state index < -0.39 is 21.4 Å². The second-order valence-electron chi connectivity index (χ2n) is 6.81. The number of aliphatic carboxylic acids is 1. The van der Waals surface area contributed by atoms with Crippen LogP contribution in [0.1, 0.15) is 11.1 Å². The molecule has 9 heteroatoms. The first-order valence-electron chi connectivity index (χ1n) is 8.04. The average molecular weight is 392 g/mol. The molecule has 136 valence electrons. The van der Waals surface area contributed by atoms with Crippen LogP contribution in [0.4, 0.5) is 0 Å². The van der Waals surface area contributed by atoms with Crippen LogP contribution in [-0.2, 0) is 19.6 Å². The lowest BCUT2D eigenvalue weighted by Gasteiger charge is -2.21. The summed E-state index contributed by atoms with van der Waals surface area (Å²) in [5, 5.41) is 19.4. The van der Waals surface area contributed by atoms with Crippen LogP contribution >= 0.6 is 11.3 Å². The van der Waals surface area contributed by atoms with Gasteiger partial charge in [0.2, 0.25) is 0 Å². The minimum atomic E-state index is -3.81. The quantitative estimate of drug-likeness (QED) is 0.853. The Labute approximate surface area is 154 Å². The summed E-state index contributed by atoms with van der Waals surface area (Å²) in [6.45, 7) is 2.09. The highest BCUT2D eigenvalue weighted by molar-refractivity contribution is 7.91. The number of hydrogen-bond donors (Lipinski definition) is 1. The molecule has 1 aromatic heterocycles. The molecule has 2 atom stereocenters. The van der Waals surface area contributed by atoms with Gasteiger partial charge in [-0.1, -0.05) is 0 Å². The van der Waals surface area contributed by atoms with Crippen LogP contribution < -0.4 is 0 Å². The number of nitriles is 1. The number of nitrogens with zero attached hydrogens (tertiary/aromatic N) is 2. The predicted molar refractivity (Wildman–Crippen MR) is 94.4 cm³/mol. The summed E-state index contributed by atoms with van der Waals surface area (Å²) in [5.74, 6) is -1.35. The van der Waals surface area contributed by atoms with Gasteiger partial charge in [0, 0.05) is 23.7 Å². The minimum absolute atomic E-state index is 0.0376. The molecule has 4 rings (SSSR count). The van der Waals surface area contributed by atoms with Gasteiger partial charge in [0.15, 0.2) is 0 Å². The van der Waals surface area contributed by atoms with Crippen molar-refractivity contribution in [3.8, 4) is 6.07 Å². The Morgan fingerprint density at radius 3 is 2.92 bits per heavy atom. The average Bonchev–Trinajstić information content (AvgIpc) is 3.26. The van der Waals surface area contributed by atoms with Crippen molar-refractivity contribution in [2.24, 2.45) is 11.3 Å². The van der Waals surface area contributed by atoms with Crippen molar-refractivity contribution < 1.29 is 23.1 Å². The van der Waals surface area contributed by atoms with Crippen LogP contribution in [0.2, 0.25) is 0 Å². The summed E-state index contributed by atoms with van der Waals surface area (Å²) < 4.78 is 34.0. The Morgan fingerprint density at radius 1 is 1.50 bits per heavy atom. The Balaban J connectivity index is 1.77. The monoisotopic (exact) mass is 392 g/mol. The molecule has 2 fully saturated rings. The van der Waals surface area contributed by atoms with Gasteiger partial charge < -0.3 is 9.84 Å². The van der Waals surface area contributed by atoms with E-state index in [-0.39, 0.29) is 36.4 Å². The fourth-order valence-corrected chi connectivity index (χ4v) is 7.24. The predicted octanol–water partition coefficient (Wildman–Crippen LogP) is 1.80. The topological polar surface area (TPSA) is 108 Å². The van der Waals surface area contributed by atoms with E-state index in [9.17, 15) is 18.3 Å². The number of carbonyl (C=O) groups is 1. The second kappa shape index (κ2) is 5.76. The van der Waals surface area contributed by atoms with Crippen LogP contribution in [-0.4, -0.2) is 50.1 Å². The Kier molecular flexibility index (Phi) is 3.86. The SMILES string of the molecule is Cc1c(S(=O)(=O)N2C[C@@H]3COC[C@]3(C(=O)O)C2)sc2ccc(C#N)cc12. The van der Waals surface area contributed by atoms with Crippen LogP contribution in [0.5, 0.6) is 0 Å². The van der Waals surface area contributed by atoms with Crippen LogP contribution in [0.15, 0.2) is 22.4 Å². The van der Waals surface area contributed by atoms with Crippen molar-refractivity contribution in [2.75, 3.05) is 26.3 Å². The molecule has 1 N–H and O–H groups in total. The van der Waals surface area contributed by atoms with Crippen molar-refractivity contribution in [3.05, 3.63) is 29.3 Å². The number of carboxylic acids is 1. The van der Waals surface area contributed by atoms with E-state index in [4.69, 9.17) is 10.00 Å². The summed E-state index contributed by atoms with van der Waals surface area (Å²) in [4.78, 5) is 11.8. The van der Waals surface area contributed by atoms with E-state index >= 15 is 0 Å². The maximum absolute atomic E-state index is 13.2. The van der Waals surface area contributed by atoms with Gasteiger partial charge in [-0.05, 0) is 36.1 Å². The summed E-state index contributed by atoms with van der Waals surface area (Å²) in [5.41, 5.74) is -0.0918. The summed E-state index contributed by atoms with van der Waals surface area (Å²) in [6.07, 6.45) is 0. The van der Waals surface area contributed by atoms with Gasteiger partial charge in [0.25, 0.3) is 10.0 Å². The van der Waals surface area contributed by atoms with Crippen molar-refractivity contribution >= 4 is 37.4 Å². The molecule has 0 saturated carbocycles. The molecular formula is C17H16N2O5S2. The van der Waals surface area contributed by atoms with Crippen molar-refractivity contribution in [3.63, 3.8) is 0 Å². The van der Waals surface area contributed by atoms with Gasteiger partial charge in [-0.3, -0.25) is 4.79 Å². The van der Waals surface area contributed by atoms with Gasteiger partial charge in [-0.2, -0.15) is 9.57 Å². The number of ether oxygens (including phenoxy) is 1. The third kappa shape index (κ3) is 2.30. The number of thiophene rings is 1. The van der Waals surface area contributed by atoms with Gasteiger partial charge in [0.1, 0.15) is 9.62 Å². The number of carboxylic acid groups (broad SMARTS) is 1. The van der Waals surface area contributed by atoms with E-state index in [1.54, 1.807) is 25.1 Å². The molecule has 3 heterocycles. The van der Waals surface area contributed by atoms with Crippen molar-refractivity contribution in [1.29, 1.82) is 5.26 Å². The van der Waals surface area contributed by atoms with Crippen LogP contribution in [0, 0.1) is 29.6 Å². The van der Waals surface area contributed by atoms with Gasteiger partial charge in [0.05, 0.1) is 24.8 Å². The highest BCUT2D eigenvalue weighted by Crippen LogP contribution is 2.45. The number of aryl methyl sites for hydroxylation is 1. The molecule has 2 saturated heterocycles. The highest BCUT2D eigenvalue weighted by atomic mass is 32.2. The first-order valence-corrected chi connectivity index (χ1v) is 10.3. The molecule has 1 aromatic carbocycles. The van der Waals surface area contributed by atoms with Crippen molar-refractivity contribution in [1.82, 2.24) is 4.31 Å². The molecule has 26 heavy (non-hydrogen) atoms. The molecule has 0 amide bonds. The Morgan fingerprint density at radius 2 is 2.27 bits per heavy atom. The molecule has 0 radical (unpaired) electrons. The molecule has 0 unspecified atom stereocenters. The maximum Gasteiger partial charge on any atom is 0.313 e. The van der Waals surface area contributed by atoms with Crippen LogP contribution in [0.3, 0.4) is 0 Å². The number of rotatable bonds is 3. The zero-order valence-electron chi connectivity index (χ0n) is 13.9. The second-order valence-corrected chi connectivity index (χ2v) is 9.99. The zero-order chi connectivity index (χ0) is 18.7. The standard InChI is InChI=1S/C17H16N2O5S2/c1-10-13-4-11(5-18)2-3-14(13)25-15(10)26(22,23)19-6-12-7-24-9-17(12,8-19)16(20)21/h2-4,12H,6-9H2,1H3,(H,20,21)/t12-,17-/m1/s1. The molecule has 7 nitrogen and oxygen atoms in total. The van der Waals surface area contributed by atoms with E-state index in [1.165, 1.54) is 4.31 Å². The molecule has 0 bridgehead atoms. The minimum Gasteiger partial charge on any atom is -0.481 e. The highest BCUT2D eigenvalue weighted by Gasteiger charge is 2.58. The van der Waals surface area contributed by atoms with Gasteiger partial charge >= 0.3 is 5.97 Å².